The molecule has 0 aromatic heterocycles. The van der Waals surface area contributed by atoms with Crippen LogP contribution in [0.5, 0.6) is 0 Å². The number of urea groups is 1. The average Bonchev–Trinajstić information content (AvgIpc) is 3.11. The molecule has 0 atom stereocenters. The third-order valence-electron chi connectivity index (χ3n) is 6.04. The number of carbonyl (C=O) groups is 1. The van der Waals surface area contributed by atoms with Crippen molar-refractivity contribution < 1.29 is 13.2 Å². The van der Waals surface area contributed by atoms with Crippen LogP contribution in [0, 0.1) is 19.8 Å². The second kappa shape index (κ2) is 8.04. The molecule has 2 aliphatic heterocycles. The molecule has 4 rings (SSSR count). The molecule has 1 fully saturated rings. The Morgan fingerprint density at radius 1 is 1.00 bits per heavy atom. The molecule has 6 nitrogen and oxygen atoms in total. The van der Waals surface area contributed by atoms with Crippen LogP contribution in [-0.2, 0) is 16.4 Å². The summed E-state index contributed by atoms with van der Waals surface area (Å²) in [4.78, 5) is 14.9. The predicted octanol–water partition coefficient (Wildman–Crippen LogP) is 4.32. The number of piperidine rings is 1. The minimum absolute atomic E-state index is 0.195. The Balaban J connectivity index is 1.52. The maximum Gasteiger partial charge on any atom is 0.326 e. The van der Waals surface area contributed by atoms with E-state index in [9.17, 15) is 13.2 Å². The summed E-state index contributed by atoms with van der Waals surface area (Å²) in [6.07, 6.45) is 2.45. The zero-order chi connectivity index (χ0) is 21.5. The highest BCUT2D eigenvalue weighted by Crippen LogP contribution is 2.32. The lowest BCUT2D eigenvalue weighted by Gasteiger charge is -2.29. The lowest BCUT2D eigenvalue weighted by molar-refractivity contribution is 0.257. The highest BCUT2D eigenvalue weighted by Gasteiger charge is 2.31. The summed E-state index contributed by atoms with van der Waals surface area (Å²) in [6, 6.07) is 10.9. The van der Waals surface area contributed by atoms with Crippen molar-refractivity contribution in [2.24, 2.45) is 5.92 Å². The van der Waals surface area contributed by atoms with E-state index in [0.717, 1.165) is 40.9 Å². The van der Waals surface area contributed by atoms with Crippen molar-refractivity contribution in [2.45, 2.75) is 44.9 Å². The standard InChI is InChI=1S/C23H29N3O3S/c1-16-6-9-25(10-7-16)30(28,29)21-4-5-22-19(15-21)8-11-26(22)23(27)24-20-13-17(2)12-18(3)14-20/h4-5,12-16H,6-11H2,1-3H3,(H,24,27). The maximum absolute atomic E-state index is 13.0. The minimum atomic E-state index is -3.49. The molecule has 0 saturated carbocycles. The number of carbonyl (C=O) groups excluding carboxylic acids is 1. The molecule has 2 aliphatic rings. The Morgan fingerprint density at radius 3 is 2.33 bits per heavy atom. The van der Waals surface area contributed by atoms with Crippen molar-refractivity contribution in [3.8, 4) is 0 Å². The van der Waals surface area contributed by atoms with E-state index in [2.05, 4.69) is 18.3 Å². The fourth-order valence-corrected chi connectivity index (χ4v) is 5.88. The van der Waals surface area contributed by atoms with E-state index < -0.39 is 10.0 Å². The number of rotatable bonds is 3. The topological polar surface area (TPSA) is 69.7 Å². The molecule has 0 spiro atoms. The molecule has 160 valence electrons. The van der Waals surface area contributed by atoms with Crippen molar-refractivity contribution >= 4 is 27.4 Å². The summed E-state index contributed by atoms with van der Waals surface area (Å²) in [7, 11) is -3.49. The van der Waals surface area contributed by atoms with Gasteiger partial charge in [-0.3, -0.25) is 4.90 Å². The van der Waals surface area contributed by atoms with Crippen molar-refractivity contribution in [3.63, 3.8) is 0 Å². The summed E-state index contributed by atoms with van der Waals surface area (Å²) >= 11 is 0. The second-order valence-corrected chi connectivity index (χ2v) is 10.5. The van der Waals surface area contributed by atoms with E-state index in [1.165, 1.54) is 0 Å². The van der Waals surface area contributed by atoms with Gasteiger partial charge in [0.15, 0.2) is 0 Å². The quantitative estimate of drug-likeness (QED) is 0.793. The number of aryl methyl sites for hydroxylation is 2. The number of sulfonamides is 1. The highest BCUT2D eigenvalue weighted by atomic mass is 32.2. The summed E-state index contributed by atoms with van der Waals surface area (Å²) in [5.41, 5.74) is 4.63. The predicted molar refractivity (Wildman–Crippen MR) is 120 cm³/mol. The molecule has 30 heavy (non-hydrogen) atoms. The Hall–Kier alpha value is -2.38. The van der Waals surface area contributed by atoms with Crippen LogP contribution < -0.4 is 10.2 Å². The van der Waals surface area contributed by atoms with Crippen LogP contribution in [0.25, 0.3) is 0 Å². The third-order valence-corrected chi connectivity index (χ3v) is 7.94. The van der Waals surface area contributed by atoms with E-state index in [4.69, 9.17) is 0 Å². The molecule has 2 aromatic rings. The lowest BCUT2D eigenvalue weighted by Crippen LogP contribution is -2.37. The van der Waals surface area contributed by atoms with Crippen LogP contribution in [0.15, 0.2) is 41.3 Å². The van der Waals surface area contributed by atoms with Crippen molar-refractivity contribution in [3.05, 3.63) is 53.1 Å². The van der Waals surface area contributed by atoms with E-state index in [-0.39, 0.29) is 6.03 Å². The molecule has 0 aliphatic carbocycles. The van der Waals surface area contributed by atoms with Gasteiger partial charge in [-0.05, 0) is 86.1 Å². The molecule has 0 unspecified atom stereocenters. The van der Waals surface area contributed by atoms with Crippen LogP contribution in [0.3, 0.4) is 0 Å². The largest absolute Gasteiger partial charge is 0.326 e. The Kier molecular flexibility index (Phi) is 5.59. The average molecular weight is 428 g/mol. The van der Waals surface area contributed by atoms with Gasteiger partial charge in [-0.25, -0.2) is 13.2 Å². The number of fused-ring (bicyclic) bond motifs is 1. The summed E-state index contributed by atoms with van der Waals surface area (Å²) < 4.78 is 27.7. The fourth-order valence-electron chi connectivity index (χ4n) is 4.36. The van der Waals surface area contributed by atoms with Gasteiger partial charge in [-0.15, -0.1) is 0 Å². The Morgan fingerprint density at radius 2 is 1.67 bits per heavy atom. The SMILES string of the molecule is Cc1cc(C)cc(NC(=O)N2CCc3cc(S(=O)(=O)N4CCC(C)CC4)ccc32)c1. The first-order chi connectivity index (χ1) is 14.2. The molecule has 1 N–H and O–H groups in total. The Labute approximate surface area is 178 Å². The number of hydrogen-bond donors (Lipinski definition) is 1. The van der Waals surface area contributed by atoms with Crippen molar-refractivity contribution in [2.75, 3.05) is 29.9 Å². The van der Waals surface area contributed by atoms with E-state index in [1.807, 2.05) is 26.0 Å². The first kappa shape index (κ1) is 20.9. The van der Waals surface area contributed by atoms with Gasteiger partial charge >= 0.3 is 6.03 Å². The van der Waals surface area contributed by atoms with Crippen LogP contribution in [-0.4, -0.2) is 38.4 Å². The van der Waals surface area contributed by atoms with Crippen LogP contribution >= 0.6 is 0 Å². The van der Waals surface area contributed by atoms with E-state index in [0.29, 0.717) is 36.9 Å². The zero-order valence-corrected chi connectivity index (χ0v) is 18.6. The summed E-state index contributed by atoms with van der Waals surface area (Å²) in [5, 5.41) is 2.97. The minimum Gasteiger partial charge on any atom is -0.308 e. The normalized spacial score (nSPS) is 17.8. The molecule has 2 aromatic carbocycles. The molecule has 7 heteroatoms. The molecular formula is C23H29N3O3S. The fraction of sp³-hybridized carbons (Fsp3) is 0.435. The van der Waals surface area contributed by atoms with Crippen LogP contribution in [0.1, 0.15) is 36.5 Å². The number of hydrogen-bond acceptors (Lipinski definition) is 3. The number of benzene rings is 2. The number of nitrogens with one attached hydrogen (secondary N) is 1. The van der Waals surface area contributed by atoms with E-state index in [1.54, 1.807) is 27.4 Å². The molecule has 2 amide bonds. The van der Waals surface area contributed by atoms with Gasteiger partial charge in [0.25, 0.3) is 0 Å². The van der Waals surface area contributed by atoms with Gasteiger partial charge < -0.3 is 5.32 Å². The monoisotopic (exact) mass is 427 g/mol. The lowest BCUT2D eigenvalue weighted by atomic mass is 10.0. The Bertz CT molecular complexity index is 1050. The molecule has 2 heterocycles. The third kappa shape index (κ3) is 4.09. The van der Waals surface area contributed by atoms with Gasteiger partial charge in [0.2, 0.25) is 10.0 Å². The van der Waals surface area contributed by atoms with Crippen molar-refractivity contribution in [1.29, 1.82) is 0 Å². The number of anilines is 2. The van der Waals surface area contributed by atoms with Gasteiger partial charge in [0, 0.05) is 31.0 Å². The van der Waals surface area contributed by atoms with E-state index >= 15 is 0 Å². The van der Waals surface area contributed by atoms with Crippen LogP contribution in [0.4, 0.5) is 16.2 Å². The first-order valence-corrected chi connectivity index (χ1v) is 12.0. The van der Waals surface area contributed by atoms with Gasteiger partial charge in [0.05, 0.1) is 4.90 Å². The summed E-state index contributed by atoms with van der Waals surface area (Å²) in [5.74, 6) is 0.570. The molecule has 0 bridgehead atoms. The first-order valence-electron chi connectivity index (χ1n) is 10.5. The highest BCUT2D eigenvalue weighted by molar-refractivity contribution is 7.89. The van der Waals surface area contributed by atoms with Gasteiger partial charge in [-0.1, -0.05) is 13.0 Å². The van der Waals surface area contributed by atoms with Gasteiger partial charge in [-0.2, -0.15) is 4.31 Å². The number of nitrogens with zero attached hydrogens (tertiary/aromatic N) is 2. The smallest absolute Gasteiger partial charge is 0.308 e. The summed E-state index contributed by atoms with van der Waals surface area (Å²) in [6.45, 7) is 7.85. The molecule has 1 saturated heterocycles. The zero-order valence-electron chi connectivity index (χ0n) is 17.8. The molecule has 0 radical (unpaired) electrons. The maximum atomic E-state index is 13.0. The van der Waals surface area contributed by atoms with Crippen LogP contribution in [0.2, 0.25) is 0 Å². The van der Waals surface area contributed by atoms with Gasteiger partial charge in [0.1, 0.15) is 0 Å². The van der Waals surface area contributed by atoms with Crippen molar-refractivity contribution in [1.82, 2.24) is 4.31 Å². The second-order valence-electron chi connectivity index (χ2n) is 8.59. The number of amides is 2. The molecular weight excluding hydrogens is 398 g/mol.